The van der Waals surface area contributed by atoms with Crippen LogP contribution in [0, 0.1) is 6.92 Å². The number of halogens is 1. The summed E-state index contributed by atoms with van der Waals surface area (Å²) in [7, 11) is 3.93. The number of nitrogens with one attached hydrogen (secondary N) is 1. The summed E-state index contributed by atoms with van der Waals surface area (Å²) in [5, 5.41) is 0.429. The van der Waals surface area contributed by atoms with Gasteiger partial charge in [0, 0.05) is 30.3 Å². The molecule has 0 radical (unpaired) electrons. The molecular weight excluding hydrogens is 408 g/mol. The minimum Gasteiger partial charge on any atom is -0.378 e. The van der Waals surface area contributed by atoms with Crippen molar-refractivity contribution in [3.63, 3.8) is 0 Å². The van der Waals surface area contributed by atoms with Crippen LogP contribution in [0.3, 0.4) is 0 Å². The van der Waals surface area contributed by atoms with Gasteiger partial charge in [-0.05, 0) is 48.9 Å². The topological polar surface area (TPSA) is 67.2 Å². The summed E-state index contributed by atoms with van der Waals surface area (Å²) in [5.41, 5.74) is 4.81. The van der Waals surface area contributed by atoms with E-state index in [1.165, 1.54) is 6.08 Å². The van der Waals surface area contributed by atoms with Crippen LogP contribution in [-0.4, -0.2) is 29.7 Å². The Morgan fingerprint density at radius 1 is 1.19 bits per heavy atom. The smallest absolute Gasteiger partial charge is 0.280 e. The van der Waals surface area contributed by atoms with Crippen LogP contribution < -0.4 is 15.9 Å². The summed E-state index contributed by atoms with van der Waals surface area (Å²) < 4.78 is 1.94. The van der Waals surface area contributed by atoms with E-state index in [0.29, 0.717) is 16.7 Å². The largest absolute Gasteiger partial charge is 0.378 e. The number of nitrogens with zero attached hydrogens (tertiary/aromatic N) is 3. The fourth-order valence-electron chi connectivity index (χ4n) is 2.60. The zero-order valence-corrected chi connectivity index (χ0v) is 16.8. The van der Waals surface area contributed by atoms with Crippen LogP contribution in [0.2, 0.25) is 0 Å². The molecule has 1 heterocycles. The fourth-order valence-corrected chi connectivity index (χ4v) is 2.96. The van der Waals surface area contributed by atoms with Crippen molar-refractivity contribution in [1.82, 2.24) is 9.66 Å². The first kappa shape index (κ1) is 18.8. The molecule has 27 heavy (non-hydrogen) atoms. The molecule has 2 aromatic carbocycles. The highest BCUT2D eigenvalue weighted by atomic mass is 79.9. The fraction of sp³-hybridized carbons (Fsp3) is 0.150. The van der Waals surface area contributed by atoms with Gasteiger partial charge in [-0.3, -0.25) is 15.0 Å². The summed E-state index contributed by atoms with van der Waals surface area (Å²) in [4.78, 5) is 31.3. The van der Waals surface area contributed by atoms with E-state index >= 15 is 0 Å². The lowest BCUT2D eigenvalue weighted by Crippen LogP contribution is -2.34. The van der Waals surface area contributed by atoms with Crippen LogP contribution in [0.1, 0.15) is 11.4 Å². The van der Waals surface area contributed by atoms with Crippen molar-refractivity contribution in [3.05, 3.63) is 74.8 Å². The number of carbonyl (C=O) groups is 1. The van der Waals surface area contributed by atoms with Gasteiger partial charge in [-0.25, -0.2) is 9.66 Å². The second kappa shape index (κ2) is 7.75. The SMILES string of the molecule is Cc1nc2ccc(Br)cc2c(=O)n1NC(=O)/C=C/c1ccc(N(C)C)cc1. The maximum atomic E-state index is 12.7. The van der Waals surface area contributed by atoms with E-state index in [-0.39, 0.29) is 5.56 Å². The van der Waals surface area contributed by atoms with Crippen molar-refractivity contribution in [2.75, 3.05) is 24.4 Å². The van der Waals surface area contributed by atoms with Gasteiger partial charge in [0.15, 0.2) is 0 Å². The molecule has 138 valence electrons. The third-order valence-corrected chi connectivity index (χ3v) is 4.55. The molecule has 0 aliphatic carbocycles. The Morgan fingerprint density at radius 2 is 1.89 bits per heavy atom. The zero-order chi connectivity index (χ0) is 19.6. The van der Waals surface area contributed by atoms with Gasteiger partial charge in [-0.15, -0.1) is 0 Å². The van der Waals surface area contributed by atoms with E-state index < -0.39 is 5.91 Å². The Labute approximate surface area is 165 Å². The number of benzene rings is 2. The van der Waals surface area contributed by atoms with E-state index in [1.54, 1.807) is 25.1 Å². The average molecular weight is 427 g/mol. The third-order valence-electron chi connectivity index (χ3n) is 4.06. The molecule has 0 fully saturated rings. The van der Waals surface area contributed by atoms with Crippen LogP contribution in [-0.2, 0) is 4.79 Å². The normalized spacial score (nSPS) is 11.1. The number of anilines is 1. The van der Waals surface area contributed by atoms with Gasteiger partial charge in [-0.2, -0.15) is 0 Å². The number of hydrogen-bond donors (Lipinski definition) is 1. The second-order valence-corrected chi connectivity index (χ2v) is 7.17. The molecule has 1 amide bonds. The molecular formula is C20H19BrN4O2. The minimum atomic E-state index is -0.409. The van der Waals surface area contributed by atoms with Crippen molar-refractivity contribution in [2.45, 2.75) is 6.92 Å². The Hall–Kier alpha value is -2.93. The molecule has 0 spiro atoms. The maximum absolute atomic E-state index is 12.7. The molecule has 0 aliphatic heterocycles. The van der Waals surface area contributed by atoms with E-state index in [0.717, 1.165) is 20.4 Å². The first-order valence-electron chi connectivity index (χ1n) is 8.30. The van der Waals surface area contributed by atoms with Crippen molar-refractivity contribution in [3.8, 4) is 0 Å². The lowest BCUT2D eigenvalue weighted by molar-refractivity contribution is -0.112. The second-order valence-electron chi connectivity index (χ2n) is 6.26. The van der Waals surface area contributed by atoms with Gasteiger partial charge in [0.05, 0.1) is 10.9 Å². The molecule has 0 atom stereocenters. The Morgan fingerprint density at radius 3 is 2.56 bits per heavy atom. The quantitative estimate of drug-likeness (QED) is 0.649. The van der Waals surface area contributed by atoms with Crippen LogP contribution in [0.15, 0.2) is 57.8 Å². The van der Waals surface area contributed by atoms with Crippen molar-refractivity contribution in [2.24, 2.45) is 0 Å². The molecule has 6 nitrogen and oxygen atoms in total. The van der Waals surface area contributed by atoms with E-state index in [9.17, 15) is 9.59 Å². The first-order chi connectivity index (χ1) is 12.8. The van der Waals surface area contributed by atoms with Crippen LogP contribution >= 0.6 is 15.9 Å². The highest BCUT2D eigenvalue weighted by Gasteiger charge is 2.10. The summed E-state index contributed by atoms with van der Waals surface area (Å²) in [6, 6.07) is 13.1. The number of carbonyl (C=O) groups excluding carboxylic acids is 1. The average Bonchev–Trinajstić information content (AvgIpc) is 2.64. The van der Waals surface area contributed by atoms with Gasteiger partial charge in [0.25, 0.3) is 11.5 Å². The Balaban J connectivity index is 1.82. The summed E-state index contributed by atoms with van der Waals surface area (Å²) in [6.45, 7) is 1.67. The van der Waals surface area contributed by atoms with E-state index in [4.69, 9.17) is 0 Å². The van der Waals surface area contributed by atoms with Crippen molar-refractivity contribution in [1.29, 1.82) is 0 Å². The first-order valence-corrected chi connectivity index (χ1v) is 9.10. The van der Waals surface area contributed by atoms with Gasteiger partial charge in [0.2, 0.25) is 0 Å². The lowest BCUT2D eigenvalue weighted by Gasteiger charge is -2.12. The van der Waals surface area contributed by atoms with Gasteiger partial charge >= 0.3 is 0 Å². The molecule has 0 aliphatic rings. The molecule has 7 heteroatoms. The Bertz CT molecular complexity index is 1090. The zero-order valence-electron chi connectivity index (χ0n) is 15.2. The molecule has 0 saturated heterocycles. The summed E-state index contributed by atoms with van der Waals surface area (Å²) in [5.74, 6) is -0.0000544. The van der Waals surface area contributed by atoms with Crippen LogP contribution in [0.25, 0.3) is 17.0 Å². The number of hydrogen-bond acceptors (Lipinski definition) is 4. The van der Waals surface area contributed by atoms with Gasteiger partial charge < -0.3 is 4.90 Å². The monoisotopic (exact) mass is 426 g/mol. The number of fused-ring (bicyclic) bond motifs is 1. The standard InChI is InChI=1S/C20H19BrN4O2/c1-13-22-18-10-7-15(21)12-17(18)20(27)25(13)23-19(26)11-6-14-4-8-16(9-5-14)24(2)3/h4-12H,1-3H3,(H,23,26)/b11-6+. The van der Waals surface area contributed by atoms with Crippen LogP contribution in [0.4, 0.5) is 5.69 Å². The summed E-state index contributed by atoms with van der Waals surface area (Å²) >= 11 is 3.35. The highest BCUT2D eigenvalue weighted by molar-refractivity contribution is 9.10. The number of rotatable bonds is 4. The van der Waals surface area contributed by atoms with Crippen molar-refractivity contribution >= 4 is 44.5 Å². The highest BCUT2D eigenvalue weighted by Crippen LogP contribution is 2.16. The number of aromatic nitrogens is 2. The molecule has 3 aromatic rings. The molecule has 0 unspecified atom stereocenters. The maximum Gasteiger partial charge on any atom is 0.280 e. The third kappa shape index (κ3) is 4.25. The Kier molecular flexibility index (Phi) is 5.41. The molecule has 1 aromatic heterocycles. The van der Waals surface area contributed by atoms with E-state index in [1.807, 2.05) is 49.3 Å². The molecule has 1 N–H and O–H groups in total. The summed E-state index contributed by atoms with van der Waals surface area (Å²) in [6.07, 6.45) is 3.09. The number of aryl methyl sites for hydroxylation is 1. The molecule has 0 saturated carbocycles. The van der Waals surface area contributed by atoms with Crippen molar-refractivity contribution < 1.29 is 4.79 Å². The predicted molar refractivity (Wildman–Crippen MR) is 113 cm³/mol. The number of amides is 1. The lowest BCUT2D eigenvalue weighted by atomic mass is 10.2. The minimum absolute atomic E-state index is 0.323. The van der Waals surface area contributed by atoms with Gasteiger partial charge in [0.1, 0.15) is 5.82 Å². The molecule has 0 bridgehead atoms. The van der Waals surface area contributed by atoms with Crippen LogP contribution in [0.5, 0.6) is 0 Å². The predicted octanol–water partition coefficient (Wildman–Crippen LogP) is 3.32. The van der Waals surface area contributed by atoms with E-state index in [2.05, 4.69) is 26.3 Å². The molecule has 3 rings (SSSR count). The van der Waals surface area contributed by atoms with Gasteiger partial charge in [-0.1, -0.05) is 28.1 Å².